The summed E-state index contributed by atoms with van der Waals surface area (Å²) in [5.41, 5.74) is 3.74. The Morgan fingerprint density at radius 2 is 1.37 bits per heavy atom. The zero-order valence-corrected chi connectivity index (χ0v) is 14.9. The highest BCUT2D eigenvalue weighted by Crippen LogP contribution is 2.28. The normalized spacial score (nSPS) is 10.5. The number of fused-ring (bicyclic) bond motifs is 1. The molecule has 0 radical (unpaired) electrons. The van der Waals surface area contributed by atoms with Crippen molar-refractivity contribution in [2.24, 2.45) is 0 Å². The van der Waals surface area contributed by atoms with E-state index in [0.717, 1.165) is 27.7 Å². The fraction of sp³-hybridized carbons (Fsp3) is 0.0417. The molecule has 0 aliphatic carbocycles. The number of para-hydroxylation sites is 1. The molecule has 0 aliphatic heterocycles. The van der Waals surface area contributed by atoms with Crippen LogP contribution < -0.4 is 10.6 Å². The molecular formula is C24H20N2O. The topological polar surface area (TPSA) is 41.1 Å². The van der Waals surface area contributed by atoms with Gasteiger partial charge in [0.1, 0.15) is 0 Å². The lowest BCUT2D eigenvalue weighted by Crippen LogP contribution is -2.23. The van der Waals surface area contributed by atoms with Crippen LogP contribution in [0.25, 0.3) is 10.8 Å². The Kier molecular flexibility index (Phi) is 4.84. The van der Waals surface area contributed by atoms with Crippen LogP contribution in [0.3, 0.4) is 0 Å². The van der Waals surface area contributed by atoms with Gasteiger partial charge in [-0.2, -0.15) is 0 Å². The average molecular weight is 352 g/mol. The second kappa shape index (κ2) is 7.75. The van der Waals surface area contributed by atoms with Crippen LogP contribution in [0.1, 0.15) is 15.9 Å². The zero-order chi connectivity index (χ0) is 18.5. The molecule has 132 valence electrons. The van der Waals surface area contributed by atoms with Crippen LogP contribution in [-0.2, 0) is 6.54 Å². The van der Waals surface area contributed by atoms with E-state index in [-0.39, 0.29) is 5.91 Å². The lowest BCUT2D eigenvalue weighted by atomic mass is 10.0. The van der Waals surface area contributed by atoms with E-state index < -0.39 is 0 Å². The third-order valence-corrected chi connectivity index (χ3v) is 4.56. The Morgan fingerprint density at radius 1 is 0.704 bits per heavy atom. The Bertz CT molecular complexity index is 1060. The van der Waals surface area contributed by atoms with Crippen LogP contribution in [-0.4, -0.2) is 5.91 Å². The maximum Gasteiger partial charge on any atom is 0.251 e. The van der Waals surface area contributed by atoms with Crippen LogP contribution in [0.2, 0.25) is 0 Å². The van der Waals surface area contributed by atoms with Gasteiger partial charge in [-0.3, -0.25) is 4.79 Å². The lowest BCUT2D eigenvalue weighted by Gasteiger charge is -2.16. The van der Waals surface area contributed by atoms with Gasteiger partial charge in [-0.1, -0.05) is 66.7 Å². The maximum absolute atomic E-state index is 12.5. The standard InChI is InChI=1S/C24H20N2O/c27-24(19-10-3-1-4-11-19)25-17-22-21-14-8-7-9-18(21)15-16-23(22)26-20-12-5-2-6-13-20/h1-16,26H,17H2,(H,25,27). The van der Waals surface area contributed by atoms with Crippen LogP contribution >= 0.6 is 0 Å². The summed E-state index contributed by atoms with van der Waals surface area (Å²) in [6, 6.07) is 31.7. The first kappa shape index (κ1) is 16.9. The molecule has 3 nitrogen and oxygen atoms in total. The van der Waals surface area contributed by atoms with Crippen molar-refractivity contribution < 1.29 is 4.79 Å². The van der Waals surface area contributed by atoms with Gasteiger partial charge in [-0.15, -0.1) is 0 Å². The molecule has 2 N–H and O–H groups in total. The van der Waals surface area contributed by atoms with E-state index in [9.17, 15) is 4.79 Å². The van der Waals surface area contributed by atoms with Gasteiger partial charge in [0.15, 0.2) is 0 Å². The van der Waals surface area contributed by atoms with Gasteiger partial charge < -0.3 is 10.6 Å². The molecule has 0 heterocycles. The molecular weight excluding hydrogens is 332 g/mol. The predicted octanol–water partition coefficient (Wildman–Crippen LogP) is 5.51. The largest absolute Gasteiger partial charge is 0.355 e. The SMILES string of the molecule is O=C(NCc1c(Nc2ccccc2)ccc2ccccc12)c1ccccc1. The molecule has 0 saturated heterocycles. The van der Waals surface area contributed by atoms with Gasteiger partial charge in [-0.25, -0.2) is 0 Å². The van der Waals surface area contributed by atoms with Gasteiger partial charge in [0.25, 0.3) is 5.91 Å². The van der Waals surface area contributed by atoms with Crippen molar-refractivity contribution in [2.75, 3.05) is 5.32 Å². The molecule has 0 unspecified atom stereocenters. The van der Waals surface area contributed by atoms with Gasteiger partial charge in [0.05, 0.1) is 0 Å². The van der Waals surface area contributed by atoms with Gasteiger partial charge >= 0.3 is 0 Å². The number of amides is 1. The van der Waals surface area contributed by atoms with E-state index in [0.29, 0.717) is 12.1 Å². The van der Waals surface area contributed by atoms with Crippen LogP contribution in [0.5, 0.6) is 0 Å². The molecule has 0 aromatic heterocycles. The summed E-state index contributed by atoms with van der Waals surface area (Å²) < 4.78 is 0. The molecule has 0 atom stereocenters. The molecule has 0 saturated carbocycles. The molecule has 4 aromatic carbocycles. The van der Waals surface area contributed by atoms with E-state index in [1.165, 1.54) is 0 Å². The van der Waals surface area contributed by atoms with Crippen molar-refractivity contribution in [3.63, 3.8) is 0 Å². The molecule has 27 heavy (non-hydrogen) atoms. The molecule has 3 heteroatoms. The van der Waals surface area contributed by atoms with Crippen LogP contribution in [0, 0.1) is 0 Å². The predicted molar refractivity (Wildman–Crippen MR) is 111 cm³/mol. The third-order valence-electron chi connectivity index (χ3n) is 4.56. The summed E-state index contributed by atoms with van der Waals surface area (Å²) in [4.78, 5) is 12.5. The maximum atomic E-state index is 12.5. The van der Waals surface area contributed by atoms with Crippen LogP contribution in [0.4, 0.5) is 11.4 Å². The Hall–Kier alpha value is -3.59. The van der Waals surface area contributed by atoms with Crippen molar-refractivity contribution in [2.45, 2.75) is 6.54 Å². The summed E-state index contributed by atoms with van der Waals surface area (Å²) >= 11 is 0. The van der Waals surface area contributed by atoms with Crippen molar-refractivity contribution in [3.05, 3.63) is 108 Å². The average Bonchev–Trinajstić information content (AvgIpc) is 2.74. The molecule has 0 aliphatic rings. The summed E-state index contributed by atoms with van der Waals surface area (Å²) in [5, 5.41) is 8.82. The molecule has 0 bridgehead atoms. The Balaban J connectivity index is 1.66. The second-order valence-electron chi connectivity index (χ2n) is 6.35. The van der Waals surface area contributed by atoms with Crippen molar-refractivity contribution in [1.82, 2.24) is 5.32 Å². The number of hydrogen-bond acceptors (Lipinski definition) is 2. The fourth-order valence-corrected chi connectivity index (χ4v) is 3.18. The summed E-state index contributed by atoms with van der Waals surface area (Å²) in [6.45, 7) is 0.449. The molecule has 4 aromatic rings. The summed E-state index contributed by atoms with van der Waals surface area (Å²) in [5.74, 6) is -0.0748. The number of nitrogens with one attached hydrogen (secondary N) is 2. The number of carbonyl (C=O) groups is 1. The highest BCUT2D eigenvalue weighted by molar-refractivity contribution is 5.95. The van der Waals surface area contributed by atoms with E-state index in [1.54, 1.807) is 0 Å². The lowest BCUT2D eigenvalue weighted by molar-refractivity contribution is 0.0951. The van der Waals surface area contributed by atoms with E-state index in [4.69, 9.17) is 0 Å². The quantitative estimate of drug-likeness (QED) is 0.497. The smallest absolute Gasteiger partial charge is 0.251 e. The number of carbonyl (C=O) groups excluding carboxylic acids is 1. The van der Waals surface area contributed by atoms with E-state index in [2.05, 4.69) is 34.9 Å². The minimum absolute atomic E-state index is 0.0748. The molecule has 1 amide bonds. The first-order chi connectivity index (χ1) is 13.3. The monoisotopic (exact) mass is 352 g/mol. The summed E-state index contributed by atoms with van der Waals surface area (Å²) in [6.07, 6.45) is 0. The van der Waals surface area contributed by atoms with Crippen molar-refractivity contribution in [3.8, 4) is 0 Å². The third kappa shape index (κ3) is 3.82. The summed E-state index contributed by atoms with van der Waals surface area (Å²) in [7, 11) is 0. The first-order valence-corrected chi connectivity index (χ1v) is 8.97. The molecule has 0 fully saturated rings. The van der Waals surface area contributed by atoms with E-state index in [1.807, 2.05) is 72.8 Å². The highest BCUT2D eigenvalue weighted by Gasteiger charge is 2.11. The van der Waals surface area contributed by atoms with Crippen molar-refractivity contribution >= 4 is 28.1 Å². The van der Waals surface area contributed by atoms with Crippen LogP contribution in [0.15, 0.2) is 97.1 Å². The second-order valence-corrected chi connectivity index (χ2v) is 6.35. The van der Waals surface area contributed by atoms with Gasteiger partial charge in [0, 0.05) is 29.0 Å². The van der Waals surface area contributed by atoms with Crippen molar-refractivity contribution in [1.29, 1.82) is 0 Å². The Morgan fingerprint density at radius 3 is 2.15 bits per heavy atom. The molecule has 4 rings (SSSR count). The fourth-order valence-electron chi connectivity index (χ4n) is 3.18. The number of rotatable bonds is 5. The molecule has 0 spiro atoms. The van der Waals surface area contributed by atoms with E-state index >= 15 is 0 Å². The Labute approximate surface area is 158 Å². The highest BCUT2D eigenvalue weighted by atomic mass is 16.1. The van der Waals surface area contributed by atoms with Gasteiger partial charge in [-0.05, 0) is 41.1 Å². The first-order valence-electron chi connectivity index (χ1n) is 8.97. The number of hydrogen-bond donors (Lipinski definition) is 2. The minimum Gasteiger partial charge on any atom is -0.355 e. The number of benzene rings is 4. The zero-order valence-electron chi connectivity index (χ0n) is 14.9. The minimum atomic E-state index is -0.0748. The number of anilines is 2. The van der Waals surface area contributed by atoms with Gasteiger partial charge in [0.2, 0.25) is 0 Å².